The molecule has 0 spiro atoms. The van der Waals surface area contributed by atoms with Crippen molar-refractivity contribution in [2.45, 2.75) is 40.5 Å². The van der Waals surface area contributed by atoms with Gasteiger partial charge in [0.05, 0.1) is 5.41 Å². The van der Waals surface area contributed by atoms with Gasteiger partial charge < -0.3 is 10.6 Å². The Bertz CT molecular complexity index is 246. The van der Waals surface area contributed by atoms with Gasteiger partial charge in [-0.3, -0.25) is 4.79 Å². The highest BCUT2D eigenvalue weighted by Crippen LogP contribution is 2.29. The number of hydrogen-bond donors (Lipinski definition) is 1. The Morgan fingerprint density at radius 2 is 2.19 bits per heavy atom. The maximum atomic E-state index is 12.3. The van der Waals surface area contributed by atoms with Crippen LogP contribution in [0.2, 0.25) is 0 Å². The van der Waals surface area contributed by atoms with Gasteiger partial charge in [-0.1, -0.05) is 20.8 Å². The van der Waals surface area contributed by atoms with Crippen LogP contribution >= 0.6 is 0 Å². The van der Waals surface area contributed by atoms with Crippen LogP contribution in [0.4, 0.5) is 0 Å². The summed E-state index contributed by atoms with van der Waals surface area (Å²) in [5.74, 6) is 1.59. The van der Waals surface area contributed by atoms with Crippen LogP contribution in [-0.2, 0) is 4.79 Å². The molecule has 0 bridgehead atoms. The summed E-state index contributed by atoms with van der Waals surface area (Å²) in [6.45, 7) is 10.8. The zero-order valence-corrected chi connectivity index (χ0v) is 11.1. The van der Waals surface area contributed by atoms with E-state index in [4.69, 9.17) is 5.73 Å². The largest absolute Gasteiger partial charge is 0.342 e. The standard InChI is InChI=1S/C13H26N2O/c1-5-13(4,9-14)12(16)15-7-6-11(8-15)10(2)3/h10-11H,5-9,14H2,1-4H3. The van der Waals surface area contributed by atoms with E-state index in [9.17, 15) is 4.79 Å². The molecule has 0 aromatic rings. The second-order valence-corrected chi connectivity index (χ2v) is 5.66. The summed E-state index contributed by atoms with van der Waals surface area (Å²) in [6.07, 6.45) is 1.97. The second-order valence-electron chi connectivity index (χ2n) is 5.66. The van der Waals surface area contributed by atoms with E-state index in [-0.39, 0.29) is 11.3 Å². The average Bonchev–Trinajstić information content (AvgIpc) is 2.76. The summed E-state index contributed by atoms with van der Waals surface area (Å²) < 4.78 is 0. The first kappa shape index (κ1) is 13.5. The van der Waals surface area contributed by atoms with Crippen molar-refractivity contribution in [1.29, 1.82) is 0 Å². The molecule has 1 saturated heterocycles. The van der Waals surface area contributed by atoms with Gasteiger partial charge in [0, 0.05) is 19.6 Å². The zero-order valence-electron chi connectivity index (χ0n) is 11.1. The molecule has 2 unspecified atom stereocenters. The highest BCUT2D eigenvalue weighted by molar-refractivity contribution is 5.82. The van der Waals surface area contributed by atoms with Crippen molar-refractivity contribution in [3.8, 4) is 0 Å². The van der Waals surface area contributed by atoms with E-state index in [2.05, 4.69) is 13.8 Å². The Morgan fingerprint density at radius 1 is 1.56 bits per heavy atom. The third-order valence-corrected chi connectivity index (χ3v) is 4.20. The molecule has 3 nitrogen and oxygen atoms in total. The highest BCUT2D eigenvalue weighted by atomic mass is 16.2. The molecule has 0 aliphatic carbocycles. The van der Waals surface area contributed by atoms with Gasteiger partial charge in [0.1, 0.15) is 0 Å². The minimum Gasteiger partial charge on any atom is -0.342 e. The van der Waals surface area contributed by atoms with Crippen LogP contribution in [0.5, 0.6) is 0 Å². The van der Waals surface area contributed by atoms with Gasteiger partial charge in [0.15, 0.2) is 0 Å². The van der Waals surface area contributed by atoms with Crippen molar-refractivity contribution in [3.63, 3.8) is 0 Å². The molecular formula is C13H26N2O. The van der Waals surface area contributed by atoms with E-state index in [1.54, 1.807) is 0 Å². The second kappa shape index (κ2) is 5.17. The van der Waals surface area contributed by atoms with Gasteiger partial charge in [-0.25, -0.2) is 0 Å². The molecule has 0 radical (unpaired) electrons. The number of amides is 1. The highest BCUT2D eigenvalue weighted by Gasteiger charge is 2.37. The monoisotopic (exact) mass is 226 g/mol. The predicted octanol–water partition coefficient (Wildman–Crippen LogP) is 1.87. The number of likely N-dealkylation sites (tertiary alicyclic amines) is 1. The van der Waals surface area contributed by atoms with Crippen molar-refractivity contribution in [2.24, 2.45) is 23.0 Å². The molecule has 1 fully saturated rings. The molecule has 0 aromatic heterocycles. The maximum Gasteiger partial charge on any atom is 0.229 e. The van der Waals surface area contributed by atoms with Crippen molar-refractivity contribution in [3.05, 3.63) is 0 Å². The average molecular weight is 226 g/mol. The third-order valence-electron chi connectivity index (χ3n) is 4.20. The molecule has 1 amide bonds. The van der Waals surface area contributed by atoms with Crippen molar-refractivity contribution in [2.75, 3.05) is 19.6 Å². The van der Waals surface area contributed by atoms with Crippen LogP contribution in [0.25, 0.3) is 0 Å². The molecule has 3 heteroatoms. The van der Waals surface area contributed by atoms with E-state index < -0.39 is 0 Å². The summed E-state index contributed by atoms with van der Waals surface area (Å²) in [5, 5.41) is 0. The lowest BCUT2D eigenvalue weighted by Crippen LogP contribution is -2.45. The summed E-state index contributed by atoms with van der Waals surface area (Å²) in [4.78, 5) is 14.4. The molecule has 1 heterocycles. The fourth-order valence-corrected chi connectivity index (χ4v) is 2.28. The molecule has 94 valence electrons. The van der Waals surface area contributed by atoms with Crippen LogP contribution in [0.3, 0.4) is 0 Å². The Morgan fingerprint density at radius 3 is 2.56 bits per heavy atom. The van der Waals surface area contributed by atoms with Crippen LogP contribution in [0, 0.1) is 17.3 Å². The smallest absolute Gasteiger partial charge is 0.229 e. The summed E-state index contributed by atoms with van der Waals surface area (Å²) >= 11 is 0. The van der Waals surface area contributed by atoms with Crippen molar-refractivity contribution in [1.82, 2.24) is 4.90 Å². The topological polar surface area (TPSA) is 46.3 Å². The van der Waals surface area contributed by atoms with Crippen LogP contribution in [0.1, 0.15) is 40.5 Å². The minimum atomic E-state index is -0.355. The first-order chi connectivity index (χ1) is 7.44. The molecule has 1 aliphatic rings. The lowest BCUT2D eigenvalue weighted by atomic mass is 9.86. The number of nitrogens with zero attached hydrogens (tertiary/aromatic N) is 1. The summed E-state index contributed by atoms with van der Waals surface area (Å²) in [5.41, 5.74) is 5.38. The van der Waals surface area contributed by atoms with Gasteiger partial charge in [-0.05, 0) is 31.6 Å². The normalized spacial score (nSPS) is 24.9. The Kier molecular flexibility index (Phi) is 4.36. The quantitative estimate of drug-likeness (QED) is 0.795. The number of rotatable bonds is 4. The van der Waals surface area contributed by atoms with Gasteiger partial charge in [-0.15, -0.1) is 0 Å². The molecule has 0 aromatic carbocycles. The van der Waals surface area contributed by atoms with Gasteiger partial charge in [0.25, 0.3) is 0 Å². The summed E-state index contributed by atoms with van der Waals surface area (Å²) in [7, 11) is 0. The number of carbonyl (C=O) groups is 1. The van der Waals surface area contributed by atoms with E-state index in [1.165, 1.54) is 0 Å². The van der Waals surface area contributed by atoms with Crippen molar-refractivity contribution < 1.29 is 4.79 Å². The lowest BCUT2D eigenvalue weighted by Gasteiger charge is -2.30. The third kappa shape index (κ3) is 2.57. The minimum absolute atomic E-state index is 0.251. The molecule has 2 atom stereocenters. The SMILES string of the molecule is CCC(C)(CN)C(=O)N1CCC(C(C)C)C1. The Labute approximate surface area is 99.4 Å². The molecule has 0 saturated carbocycles. The van der Waals surface area contributed by atoms with Gasteiger partial charge in [-0.2, -0.15) is 0 Å². The van der Waals surface area contributed by atoms with E-state index in [0.717, 1.165) is 25.9 Å². The van der Waals surface area contributed by atoms with E-state index in [1.807, 2.05) is 18.7 Å². The molecule has 1 rings (SSSR count). The zero-order chi connectivity index (χ0) is 12.3. The summed E-state index contributed by atoms with van der Waals surface area (Å²) in [6, 6.07) is 0. The number of nitrogens with two attached hydrogens (primary N) is 1. The van der Waals surface area contributed by atoms with Crippen LogP contribution in [-0.4, -0.2) is 30.4 Å². The number of carbonyl (C=O) groups excluding carboxylic acids is 1. The predicted molar refractivity (Wildman–Crippen MR) is 67.0 cm³/mol. The van der Waals surface area contributed by atoms with E-state index in [0.29, 0.717) is 18.4 Å². The Balaban J connectivity index is 2.63. The first-order valence-electron chi connectivity index (χ1n) is 6.44. The molecular weight excluding hydrogens is 200 g/mol. The fourth-order valence-electron chi connectivity index (χ4n) is 2.28. The molecule has 2 N–H and O–H groups in total. The number of hydrogen-bond acceptors (Lipinski definition) is 2. The Hall–Kier alpha value is -0.570. The van der Waals surface area contributed by atoms with Gasteiger partial charge >= 0.3 is 0 Å². The van der Waals surface area contributed by atoms with Crippen molar-refractivity contribution >= 4 is 5.91 Å². The van der Waals surface area contributed by atoms with E-state index >= 15 is 0 Å². The van der Waals surface area contributed by atoms with Crippen LogP contribution in [0.15, 0.2) is 0 Å². The first-order valence-corrected chi connectivity index (χ1v) is 6.44. The fraction of sp³-hybridized carbons (Fsp3) is 0.923. The van der Waals surface area contributed by atoms with Crippen LogP contribution < -0.4 is 5.73 Å². The van der Waals surface area contributed by atoms with Gasteiger partial charge in [0.2, 0.25) is 5.91 Å². The molecule has 16 heavy (non-hydrogen) atoms. The maximum absolute atomic E-state index is 12.3. The lowest BCUT2D eigenvalue weighted by molar-refractivity contribution is -0.140. The molecule has 1 aliphatic heterocycles.